The zero-order chi connectivity index (χ0) is 14.0. The van der Waals surface area contributed by atoms with Gasteiger partial charge in [-0.25, -0.2) is 9.97 Å². The molecule has 0 spiro atoms. The van der Waals surface area contributed by atoms with Crippen LogP contribution in [0.2, 0.25) is 5.15 Å². The zero-order valence-corrected chi connectivity index (χ0v) is 14.3. The Morgan fingerprint density at radius 3 is 2.63 bits per heavy atom. The Bertz CT molecular complexity index is 620. The number of ether oxygens (including phenoxy) is 1. The average molecular weight is 407 g/mol. The van der Waals surface area contributed by atoms with Crippen molar-refractivity contribution < 1.29 is 4.74 Å². The van der Waals surface area contributed by atoms with Crippen LogP contribution in [-0.2, 0) is 11.3 Å². The Hall–Kier alpha value is -0.490. The lowest BCUT2D eigenvalue weighted by molar-refractivity contribution is 0.181. The minimum atomic E-state index is 0.378. The predicted molar refractivity (Wildman–Crippen MR) is 83.3 cm³/mol. The van der Waals surface area contributed by atoms with Crippen molar-refractivity contribution in [3.63, 3.8) is 0 Å². The molecular weight excluding hydrogens is 395 g/mol. The van der Waals surface area contributed by atoms with Gasteiger partial charge in [0.25, 0.3) is 0 Å². The van der Waals surface area contributed by atoms with E-state index in [0.29, 0.717) is 22.1 Å². The Balaban J connectivity index is 2.52. The van der Waals surface area contributed by atoms with Crippen LogP contribution in [0.4, 0.5) is 0 Å². The first-order chi connectivity index (χ1) is 9.02. The SMILES string of the molecule is COCc1nc(-c2ccc(C)c(Br)c2)nc(Cl)c1Br. The number of aromatic nitrogens is 2. The lowest BCUT2D eigenvalue weighted by Crippen LogP contribution is -2.00. The molecule has 1 aromatic heterocycles. The average Bonchev–Trinajstić information content (AvgIpc) is 2.38. The highest BCUT2D eigenvalue weighted by Crippen LogP contribution is 2.29. The molecule has 2 rings (SSSR count). The first-order valence-electron chi connectivity index (χ1n) is 5.50. The fourth-order valence-corrected chi connectivity index (χ4v) is 2.42. The van der Waals surface area contributed by atoms with Gasteiger partial charge in [-0.1, -0.05) is 39.7 Å². The first-order valence-corrected chi connectivity index (χ1v) is 7.46. The van der Waals surface area contributed by atoms with E-state index in [9.17, 15) is 0 Å². The largest absolute Gasteiger partial charge is 0.378 e. The lowest BCUT2D eigenvalue weighted by atomic mass is 10.1. The molecule has 1 heterocycles. The van der Waals surface area contributed by atoms with Crippen LogP contribution in [-0.4, -0.2) is 17.1 Å². The van der Waals surface area contributed by atoms with Crippen LogP contribution >= 0.6 is 43.5 Å². The summed E-state index contributed by atoms with van der Waals surface area (Å²) in [5.74, 6) is 0.584. The van der Waals surface area contributed by atoms with Gasteiger partial charge < -0.3 is 4.74 Å². The van der Waals surface area contributed by atoms with E-state index in [1.54, 1.807) is 7.11 Å². The third kappa shape index (κ3) is 3.34. The summed E-state index contributed by atoms with van der Waals surface area (Å²) in [5, 5.41) is 0.383. The van der Waals surface area contributed by atoms with Crippen molar-refractivity contribution >= 4 is 43.5 Å². The van der Waals surface area contributed by atoms with Gasteiger partial charge in [0.1, 0.15) is 5.15 Å². The highest BCUT2D eigenvalue weighted by molar-refractivity contribution is 9.10. The van der Waals surface area contributed by atoms with E-state index in [0.717, 1.165) is 21.3 Å². The number of hydrogen-bond acceptors (Lipinski definition) is 3. The van der Waals surface area contributed by atoms with Gasteiger partial charge in [-0.3, -0.25) is 0 Å². The summed E-state index contributed by atoms with van der Waals surface area (Å²) >= 11 is 13.0. The molecule has 0 unspecified atom stereocenters. The zero-order valence-electron chi connectivity index (χ0n) is 10.4. The van der Waals surface area contributed by atoms with E-state index in [2.05, 4.69) is 41.8 Å². The number of halogens is 3. The number of nitrogens with zero attached hydrogens (tertiary/aromatic N) is 2. The monoisotopic (exact) mass is 404 g/mol. The Morgan fingerprint density at radius 2 is 2.00 bits per heavy atom. The number of methoxy groups -OCH3 is 1. The Kier molecular flexibility index (Phi) is 4.95. The summed E-state index contributed by atoms with van der Waals surface area (Å²) < 4.78 is 6.80. The minimum Gasteiger partial charge on any atom is -0.378 e. The molecule has 0 saturated heterocycles. The van der Waals surface area contributed by atoms with Crippen molar-refractivity contribution in [1.82, 2.24) is 9.97 Å². The molecule has 100 valence electrons. The van der Waals surface area contributed by atoms with Gasteiger partial charge in [0.15, 0.2) is 5.82 Å². The van der Waals surface area contributed by atoms with Crippen LogP contribution in [0.25, 0.3) is 11.4 Å². The number of benzene rings is 1. The van der Waals surface area contributed by atoms with E-state index in [-0.39, 0.29) is 0 Å². The van der Waals surface area contributed by atoms with E-state index in [4.69, 9.17) is 16.3 Å². The van der Waals surface area contributed by atoms with Crippen LogP contribution in [0.15, 0.2) is 27.1 Å². The minimum absolute atomic E-state index is 0.378. The molecule has 19 heavy (non-hydrogen) atoms. The van der Waals surface area contributed by atoms with Gasteiger partial charge >= 0.3 is 0 Å². The molecule has 0 fully saturated rings. The Labute approximate surface area is 133 Å². The topological polar surface area (TPSA) is 35.0 Å². The van der Waals surface area contributed by atoms with Gasteiger partial charge in [-0.15, -0.1) is 0 Å². The number of aryl methyl sites for hydroxylation is 1. The van der Waals surface area contributed by atoms with E-state index < -0.39 is 0 Å². The maximum Gasteiger partial charge on any atom is 0.161 e. The quantitative estimate of drug-likeness (QED) is 0.689. The van der Waals surface area contributed by atoms with Crippen LogP contribution in [0.5, 0.6) is 0 Å². The first kappa shape index (κ1) is 14.9. The fraction of sp³-hybridized carbons (Fsp3) is 0.231. The van der Waals surface area contributed by atoms with Crippen LogP contribution in [0.1, 0.15) is 11.3 Å². The molecule has 3 nitrogen and oxygen atoms in total. The van der Waals surface area contributed by atoms with E-state index >= 15 is 0 Å². The molecule has 0 aliphatic rings. The van der Waals surface area contributed by atoms with Crippen molar-refractivity contribution in [2.24, 2.45) is 0 Å². The third-order valence-electron chi connectivity index (χ3n) is 2.59. The molecule has 0 saturated carbocycles. The Morgan fingerprint density at radius 1 is 1.26 bits per heavy atom. The van der Waals surface area contributed by atoms with E-state index in [1.165, 1.54) is 0 Å². The van der Waals surface area contributed by atoms with Gasteiger partial charge in [0.05, 0.1) is 16.8 Å². The summed E-state index contributed by atoms with van der Waals surface area (Å²) in [6, 6.07) is 5.95. The summed E-state index contributed by atoms with van der Waals surface area (Å²) in [4.78, 5) is 8.76. The summed E-state index contributed by atoms with van der Waals surface area (Å²) in [7, 11) is 1.62. The number of hydrogen-bond donors (Lipinski definition) is 0. The molecule has 0 radical (unpaired) electrons. The van der Waals surface area contributed by atoms with E-state index in [1.807, 2.05) is 25.1 Å². The van der Waals surface area contributed by atoms with Gasteiger partial charge in [0, 0.05) is 17.1 Å². The summed E-state index contributed by atoms with van der Waals surface area (Å²) in [5.41, 5.74) is 2.79. The lowest BCUT2D eigenvalue weighted by Gasteiger charge is -2.08. The second-order valence-corrected chi connectivity index (χ2v) is 6.00. The molecule has 2 aromatic rings. The number of rotatable bonds is 3. The highest BCUT2D eigenvalue weighted by Gasteiger charge is 2.12. The molecule has 0 amide bonds. The maximum atomic E-state index is 6.11. The second-order valence-electron chi connectivity index (χ2n) is 4.00. The highest BCUT2D eigenvalue weighted by atomic mass is 79.9. The third-order valence-corrected chi connectivity index (χ3v) is 4.78. The van der Waals surface area contributed by atoms with Crippen molar-refractivity contribution in [3.8, 4) is 11.4 Å². The van der Waals surface area contributed by atoms with Gasteiger partial charge in [-0.2, -0.15) is 0 Å². The molecule has 1 aromatic carbocycles. The van der Waals surface area contributed by atoms with Crippen LogP contribution < -0.4 is 0 Å². The molecule has 0 atom stereocenters. The molecular formula is C13H11Br2ClN2O. The smallest absolute Gasteiger partial charge is 0.161 e. The molecule has 0 aliphatic carbocycles. The molecule has 0 bridgehead atoms. The second kappa shape index (κ2) is 6.31. The van der Waals surface area contributed by atoms with Crippen molar-refractivity contribution in [2.45, 2.75) is 13.5 Å². The predicted octanol–water partition coefficient (Wildman–Crippen LogP) is 4.78. The summed E-state index contributed by atoms with van der Waals surface area (Å²) in [6.07, 6.45) is 0. The fourth-order valence-electron chi connectivity index (χ4n) is 1.56. The van der Waals surface area contributed by atoms with Crippen LogP contribution in [0.3, 0.4) is 0 Å². The van der Waals surface area contributed by atoms with Gasteiger partial charge in [-0.05, 0) is 34.5 Å². The standard InChI is InChI=1S/C13H11Br2ClN2O/c1-7-3-4-8(5-9(7)14)13-17-10(6-19-2)11(15)12(16)18-13/h3-5H,6H2,1-2H3. The van der Waals surface area contributed by atoms with Gasteiger partial charge in [0.2, 0.25) is 0 Å². The molecule has 0 N–H and O–H groups in total. The van der Waals surface area contributed by atoms with Crippen LogP contribution in [0, 0.1) is 6.92 Å². The molecule has 0 aliphatic heterocycles. The van der Waals surface area contributed by atoms with Crippen molar-refractivity contribution in [1.29, 1.82) is 0 Å². The normalized spacial score (nSPS) is 10.8. The summed E-state index contributed by atoms with van der Waals surface area (Å²) in [6.45, 7) is 2.41. The van der Waals surface area contributed by atoms with Crippen molar-refractivity contribution in [2.75, 3.05) is 7.11 Å². The van der Waals surface area contributed by atoms with Crippen molar-refractivity contribution in [3.05, 3.63) is 43.6 Å². The molecule has 6 heteroatoms. The maximum absolute atomic E-state index is 6.11.